The minimum Gasteiger partial charge on any atom is -0.464 e. The molecule has 2 N–H and O–H groups in total. The van der Waals surface area contributed by atoms with Gasteiger partial charge in [-0.25, -0.2) is 9.59 Å². The molecule has 0 saturated heterocycles. The number of hydrogen-bond acceptors (Lipinski definition) is 8. The van der Waals surface area contributed by atoms with Gasteiger partial charge in [0.2, 0.25) is 0 Å². The Hall–Kier alpha value is -4.18. The minimum absolute atomic E-state index is 0.00991. The molecule has 0 bridgehead atoms. The van der Waals surface area contributed by atoms with E-state index in [-0.39, 0.29) is 33.6 Å². The number of nitrogens with zero attached hydrogens (tertiary/aromatic N) is 2. The van der Waals surface area contributed by atoms with Crippen LogP contribution in [0.25, 0.3) is 11.3 Å². The zero-order valence-corrected chi connectivity index (χ0v) is 14.7. The maximum atomic E-state index is 11.8. The van der Waals surface area contributed by atoms with Crippen molar-refractivity contribution in [1.82, 2.24) is 0 Å². The van der Waals surface area contributed by atoms with Crippen molar-refractivity contribution in [3.63, 3.8) is 0 Å². The fourth-order valence-electron chi connectivity index (χ4n) is 2.74. The summed E-state index contributed by atoms with van der Waals surface area (Å²) in [6.07, 6.45) is 1.37. The summed E-state index contributed by atoms with van der Waals surface area (Å²) in [6, 6.07) is 16.7. The number of fused-ring (bicyclic) bond motifs is 1. The average Bonchev–Trinajstić information content (AvgIpc) is 3.36. The topological polar surface area (TPSA) is 145 Å². The van der Waals surface area contributed by atoms with Crippen molar-refractivity contribution in [1.29, 1.82) is 10.5 Å². The summed E-state index contributed by atoms with van der Waals surface area (Å²) in [5.74, 6) is -1.46. The van der Waals surface area contributed by atoms with E-state index in [4.69, 9.17) is 19.7 Å². The van der Waals surface area contributed by atoms with Gasteiger partial charge in [0.05, 0.1) is 34.1 Å². The van der Waals surface area contributed by atoms with E-state index in [0.717, 1.165) is 0 Å². The quantitative estimate of drug-likeness (QED) is 0.382. The first-order valence-corrected chi connectivity index (χ1v) is 8.20. The lowest BCUT2D eigenvalue weighted by Gasteiger charge is -2.06. The number of nitriles is 2. The molecule has 0 unspecified atom stereocenters. The fraction of sp³-hybridized carbons (Fsp3) is 0. The first-order chi connectivity index (χ1) is 14.0. The van der Waals surface area contributed by atoms with Crippen molar-refractivity contribution in [3.05, 3.63) is 77.0 Å². The lowest BCUT2D eigenvalue weighted by molar-refractivity contribution is 0.0444. The normalized spacial score (nSPS) is 11.4. The molecule has 1 aliphatic heterocycles. The smallest absolute Gasteiger partial charge is 0.464 e. The van der Waals surface area contributed by atoms with Crippen LogP contribution >= 0.6 is 0 Å². The van der Waals surface area contributed by atoms with E-state index >= 15 is 0 Å². The standard InChI is InChI=1S/C14H4N2O4.C6H7BO2/c15-5-7-4-8-12(14(18)20-13(8)17)11(9(7)6-16)10-2-1-3-19-10;8-7(9)6-4-2-1-3-5-6/h1-4H;1-5,8-9H. The molecule has 29 heavy (non-hydrogen) atoms. The van der Waals surface area contributed by atoms with Crippen molar-refractivity contribution < 1.29 is 28.8 Å². The van der Waals surface area contributed by atoms with Crippen molar-refractivity contribution in [3.8, 4) is 23.5 Å². The van der Waals surface area contributed by atoms with E-state index in [0.29, 0.717) is 5.46 Å². The third-order valence-electron chi connectivity index (χ3n) is 4.03. The van der Waals surface area contributed by atoms with Gasteiger partial charge in [-0.05, 0) is 23.7 Å². The number of hydrogen-bond donors (Lipinski definition) is 2. The maximum absolute atomic E-state index is 11.8. The molecule has 3 aromatic rings. The van der Waals surface area contributed by atoms with E-state index in [2.05, 4.69) is 4.74 Å². The van der Waals surface area contributed by atoms with Crippen LogP contribution < -0.4 is 5.46 Å². The van der Waals surface area contributed by atoms with Crippen LogP contribution in [0.1, 0.15) is 31.8 Å². The van der Waals surface area contributed by atoms with Crippen molar-refractivity contribution >= 4 is 24.5 Å². The van der Waals surface area contributed by atoms with Gasteiger partial charge in [-0.3, -0.25) is 0 Å². The summed E-state index contributed by atoms with van der Waals surface area (Å²) < 4.78 is 9.72. The predicted octanol–water partition coefficient (Wildman–Crippen LogP) is 1.37. The lowest BCUT2D eigenvalue weighted by atomic mass is 9.81. The minimum atomic E-state index is -1.34. The summed E-state index contributed by atoms with van der Waals surface area (Å²) in [7, 11) is -1.34. The molecule has 9 heteroatoms. The van der Waals surface area contributed by atoms with Gasteiger partial charge >= 0.3 is 19.1 Å². The van der Waals surface area contributed by atoms with Gasteiger partial charge in [-0.1, -0.05) is 30.3 Å². The second kappa shape index (κ2) is 8.23. The molecule has 8 nitrogen and oxygen atoms in total. The van der Waals surface area contributed by atoms with Crippen LogP contribution in [-0.2, 0) is 4.74 Å². The Balaban J connectivity index is 0.000000224. The van der Waals surface area contributed by atoms with Crippen LogP contribution in [0.4, 0.5) is 0 Å². The van der Waals surface area contributed by atoms with E-state index in [1.54, 1.807) is 30.3 Å². The highest BCUT2D eigenvalue weighted by Gasteiger charge is 2.36. The summed E-state index contributed by atoms with van der Waals surface area (Å²) in [4.78, 5) is 23.4. The molecule has 0 aliphatic carbocycles. The molecule has 0 saturated carbocycles. The molecule has 0 spiro atoms. The second-order valence-electron chi connectivity index (χ2n) is 5.76. The SMILES string of the molecule is N#Cc1cc2c(c(-c3ccco3)c1C#N)C(=O)OC2=O.OB(O)c1ccccc1. The maximum Gasteiger partial charge on any atom is 0.488 e. The van der Waals surface area contributed by atoms with Crippen LogP contribution in [0, 0.1) is 22.7 Å². The molecule has 0 fully saturated rings. The van der Waals surface area contributed by atoms with Gasteiger partial charge in [0.25, 0.3) is 0 Å². The molecular weight excluding hydrogens is 375 g/mol. The highest BCUT2D eigenvalue weighted by atomic mass is 16.6. The highest BCUT2D eigenvalue weighted by molar-refractivity contribution is 6.58. The molecule has 4 rings (SSSR count). The molecule has 0 radical (unpaired) electrons. The van der Waals surface area contributed by atoms with E-state index in [1.807, 2.05) is 18.2 Å². The first kappa shape index (κ1) is 19.6. The summed E-state index contributed by atoms with van der Waals surface area (Å²) in [5, 5.41) is 35.5. The van der Waals surface area contributed by atoms with Crippen molar-refractivity contribution in [2.24, 2.45) is 0 Å². The molecule has 0 atom stereocenters. The zero-order chi connectivity index (χ0) is 21.0. The fourth-order valence-corrected chi connectivity index (χ4v) is 2.74. The number of carbonyl (C=O) groups is 2. The number of cyclic esters (lactones) is 2. The Bertz CT molecular complexity index is 1160. The third-order valence-corrected chi connectivity index (χ3v) is 4.03. The number of carbonyl (C=O) groups excluding carboxylic acids is 2. The van der Waals surface area contributed by atoms with Gasteiger partial charge in [-0.2, -0.15) is 10.5 Å². The van der Waals surface area contributed by atoms with Crippen LogP contribution in [0.15, 0.2) is 59.2 Å². The zero-order valence-electron chi connectivity index (χ0n) is 14.7. The average molecular weight is 386 g/mol. The molecule has 1 aromatic heterocycles. The Kier molecular flexibility index (Phi) is 5.56. The Labute approximate surface area is 165 Å². The van der Waals surface area contributed by atoms with Crippen LogP contribution in [0.2, 0.25) is 0 Å². The van der Waals surface area contributed by atoms with Gasteiger partial charge in [-0.15, -0.1) is 0 Å². The van der Waals surface area contributed by atoms with E-state index in [1.165, 1.54) is 18.4 Å². The van der Waals surface area contributed by atoms with Crippen LogP contribution in [0.5, 0.6) is 0 Å². The van der Waals surface area contributed by atoms with Crippen molar-refractivity contribution in [2.45, 2.75) is 0 Å². The molecule has 2 aromatic carbocycles. The molecule has 140 valence electrons. The molecule has 1 aliphatic rings. The van der Waals surface area contributed by atoms with E-state index in [9.17, 15) is 14.9 Å². The highest BCUT2D eigenvalue weighted by Crippen LogP contribution is 2.36. The van der Waals surface area contributed by atoms with Crippen molar-refractivity contribution in [2.75, 3.05) is 0 Å². The monoisotopic (exact) mass is 386 g/mol. The first-order valence-electron chi connectivity index (χ1n) is 8.20. The predicted molar refractivity (Wildman–Crippen MR) is 99.6 cm³/mol. The lowest BCUT2D eigenvalue weighted by Crippen LogP contribution is -2.29. The van der Waals surface area contributed by atoms with Gasteiger partial charge < -0.3 is 19.2 Å². The van der Waals surface area contributed by atoms with Gasteiger partial charge in [0, 0.05) is 0 Å². The van der Waals surface area contributed by atoms with Gasteiger partial charge in [0.15, 0.2) is 0 Å². The second-order valence-corrected chi connectivity index (χ2v) is 5.76. The Morgan fingerprint density at radius 2 is 1.62 bits per heavy atom. The largest absolute Gasteiger partial charge is 0.488 e. The molecular formula is C20H11BN2O6. The summed E-state index contributed by atoms with van der Waals surface area (Å²) in [5.41, 5.74) is 0.537. The van der Waals surface area contributed by atoms with Gasteiger partial charge in [0.1, 0.15) is 17.9 Å². The third kappa shape index (κ3) is 3.78. The number of benzene rings is 2. The number of ether oxygens (including phenoxy) is 1. The molecule has 2 heterocycles. The number of esters is 2. The van der Waals surface area contributed by atoms with E-state index < -0.39 is 19.1 Å². The summed E-state index contributed by atoms with van der Waals surface area (Å²) in [6.45, 7) is 0. The Morgan fingerprint density at radius 3 is 2.14 bits per heavy atom. The Morgan fingerprint density at radius 1 is 0.897 bits per heavy atom. The van der Waals surface area contributed by atoms with Crippen LogP contribution in [-0.4, -0.2) is 29.1 Å². The number of furan rings is 1. The summed E-state index contributed by atoms with van der Waals surface area (Å²) >= 11 is 0. The number of rotatable bonds is 2. The molecule has 0 amide bonds. The van der Waals surface area contributed by atoms with Crippen LogP contribution in [0.3, 0.4) is 0 Å².